The quantitative estimate of drug-likeness (QED) is 0.828. The van der Waals surface area contributed by atoms with Crippen molar-refractivity contribution in [3.8, 4) is 0 Å². The lowest BCUT2D eigenvalue weighted by atomic mass is 9.71. The predicted molar refractivity (Wildman–Crippen MR) is 95.6 cm³/mol. The molecule has 1 N–H and O–H groups in total. The lowest BCUT2D eigenvalue weighted by Crippen LogP contribution is -2.27. The zero-order chi connectivity index (χ0) is 17.5. The maximum atomic E-state index is 12.7. The van der Waals surface area contributed by atoms with Crippen LogP contribution in [0.3, 0.4) is 0 Å². The van der Waals surface area contributed by atoms with E-state index in [1.807, 2.05) is 19.1 Å². The minimum Gasteiger partial charge on any atom is -0.360 e. The van der Waals surface area contributed by atoms with Crippen LogP contribution in [0.4, 0.5) is 5.69 Å². The van der Waals surface area contributed by atoms with Gasteiger partial charge in [-0.1, -0.05) is 43.6 Å². The molecule has 1 atom stereocenters. The van der Waals surface area contributed by atoms with E-state index in [0.717, 1.165) is 36.1 Å². The second-order valence-corrected chi connectivity index (χ2v) is 8.01. The maximum absolute atomic E-state index is 12.7. The highest BCUT2D eigenvalue weighted by molar-refractivity contribution is 6.31. The smallest absolute Gasteiger partial charge is 0.278 e. The van der Waals surface area contributed by atoms with E-state index in [4.69, 9.17) is 16.1 Å². The summed E-state index contributed by atoms with van der Waals surface area (Å²) < 4.78 is 5.42. The van der Waals surface area contributed by atoms with Gasteiger partial charge in [0, 0.05) is 22.7 Å². The van der Waals surface area contributed by atoms with Crippen molar-refractivity contribution in [2.45, 2.75) is 47.0 Å². The van der Waals surface area contributed by atoms with Crippen molar-refractivity contribution in [3.05, 3.63) is 45.8 Å². The number of carbonyl (C=O) groups is 1. The van der Waals surface area contributed by atoms with E-state index in [9.17, 15) is 4.79 Å². The molecule has 0 spiro atoms. The molecule has 128 valence electrons. The largest absolute Gasteiger partial charge is 0.360 e. The SMILES string of the molecule is Cc1c(Cl)cccc1NC(=O)c1noc2c1CC(C(C)(C)C)CC2. The van der Waals surface area contributed by atoms with E-state index in [1.54, 1.807) is 6.07 Å². The molecule has 1 unspecified atom stereocenters. The van der Waals surface area contributed by atoms with Crippen molar-refractivity contribution < 1.29 is 9.32 Å². The number of nitrogens with zero attached hydrogens (tertiary/aromatic N) is 1. The Morgan fingerprint density at radius 3 is 2.83 bits per heavy atom. The van der Waals surface area contributed by atoms with Crippen LogP contribution in [0.25, 0.3) is 0 Å². The van der Waals surface area contributed by atoms with E-state index >= 15 is 0 Å². The number of hydrogen-bond donors (Lipinski definition) is 1. The number of nitrogens with one attached hydrogen (secondary N) is 1. The Morgan fingerprint density at radius 2 is 2.12 bits per heavy atom. The van der Waals surface area contributed by atoms with Gasteiger partial charge < -0.3 is 9.84 Å². The molecule has 24 heavy (non-hydrogen) atoms. The maximum Gasteiger partial charge on any atom is 0.278 e. The molecule has 0 radical (unpaired) electrons. The molecule has 1 aromatic heterocycles. The normalized spacial score (nSPS) is 17.5. The van der Waals surface area contributed by atoms with Gasteiger partial charge in [-0.3, -0.25) is 4.79 Å². The number of anilines is 1. The van der Waals surface area contributed by atoms with E-state index in [2.05, 4.69) is 31.2 Å². The Labute approximate surface area is 147 Å². The highest BCUT2D eigenvalue weighted by Crippen LogP contribution is 2.38. The number of hydrogen-bond acceptors (Lipinski definition) is 3. The van der Waals surface area contributed by atoms with E-state index in [0.29, 0.717) is 22.3 Å². The highest BCUT2D eigenvalue weighted by atomic mass is 35.5. The second kappa shape index (κ2) is 6.25. The van der Waals surface area contributed by atoms with Gasteiger partial charge in [0.15, 0.2) is 5.69 Å². The Hall–Kier alpha value is -1.81. The van der Waals surface area contributed by atoms with Gasteiger partial charge >= 0.3 is 0 Å². The minimum atomic E-state index is -0.236. The van der Waals surface area contributed by atoms with Crippen molar-refractivity contribution >= 4 is 23.2 Å². The predicted octanol–water partition coefficient (Wildman–Crippen LogP) is 5.04. The van der Waals surface area contributed by atoms with E-state index < -0.39 is 0 Å². The van der Waals surface area contributed by atoms with Gasteiger partial charge in [0.1, 0.15) is 5.76 Å². The molecule has 0 aliphatic heterocycles. The van der Waals surface area contributed by atoms with Gasteiger partial charge in [0.2, 0.25) is 0 Å². The summed E-state index contributed by atoms with van der Waals surface area (Å²) in [5.41, 5.74) is 3.10. The number of fused-ring (bicyclic) bond motifs is 1. The van der Waals surface area contributed by atoms with Crippen LogP contribution in [0.15, 0.2) is 22.7 Å². The summed E-state index contributed by atoms with van der Waals surface area (Å²) >= 11 is 6.12. The molecule has 2 aromatic rings. The summed E-state index contributed by atoms with van der Waals surface area (Å²) in [5.74, 6) is 1.13. The number of halogens is 1. The summed E-state index contributed by atoms with van der Waals surface area (Å²) in [7, 11) is 0. The number of rotatable bonds is 2. The first-order chi connectivity index (χ1) is 11.3. The molecule has 1 amide bonds. The van der Waals surface area contributed by atoms with Gasteiger partial charge in [-0.25, -0.2) is 0 Å². The Bertz CT molecular complexity index is 774. The third-order valence-electron chi connectivity index (χ3n) is 5.00. The number of carbonyl (C=O) groups excluding carboxylic acids is 1. The highest BCUT2D eigenvalue weighted by Gasteiger charge is 2.34. The molecule has 0 bridgehead atoms. The number of amides is 1. The van der Waals surface area contributed by atoms with Crippen LogP contribution in [-0.4, -0.2) is 11.1 Å². The first-order valence-corrected chi connectivity index (χ1v) is 8.69. The molecular weight excluding hydrogens is 324 g/mol. The van der Waals surface area contributed by atoms with Crippen molar-refractivity contribution in [1.29, 1.82) is 0 Å². The number of aryl methyl sites for hydroxylation is 1. The van der Waals surface area contributed by atoms with Crippen molar-refractivity contribution in [2.75, 3.05) is 5.32 Å². The second-order valence-electron chi connectivity index (χ2n) is 7.61. The van der Waals surface area contributed by atoms with Crippen molar-refractivity contribution in [3.63, 3.8) is 0 Å². The van der Waals surface area contributed by atoms with Gasteiger partial charge in [0.05, 0.1) is 0 Å². The molecule has 1 aliphatic rings. The Balaban J connectivity index is 1.85. The molecule has 4 nitrogen and oxygen atoms in total. The van der Waals surface area contributed by atoms with Crippen LogP contribution in [0.1, 0.15) is 54.6 Å². The van der Waals surface area contributed by atoms with Gasteiger partial charge in [-0.2, -0.15) is 0 Å². The Kier molecular flexibility index (Phi) is 4.43. The third kappa shape index (κ3) is 3.20. The molecular formula is C19H23ClN2O2. The van der Waals surface area contributed by atoms with Crippen LogP contribution in [0, 0.1) is 18.3 Å². The van der Waals surface area contributed by atoms with E-state index in [-0.39, 0.29) is 11.3 Å². The molecule has 5 heteroatoms. The standard InChI is InChI=1S/C19H23ClN2O2/c1-11-14(20)6-5-7-15(11)21-18(23)17-13-10-12(19(2,3)4)8-9-16(13)24-22-17/h5-7,12H,8-10H2,1-4H3,(H,21,23). The van der Waals surface area contributed by atoms with Crippen molar-refractivity contribution in [2.24, 2.45) is 11.3 Å². The topological polar surface area (TPSA) is 55.1 Å². The summed E-state index contributed by atoms with van der Waals surface area (Å²) in [6, 6.07) is 5.46. The summed E-state index contributed by atoms with van der Waals surface area (Å²) in [6.45, 7) is 8.60. The average Bonchev–Trinajstić information content (AvgIpc) is 2.94. The fraction of sp³-hybridized carbons (Fsp3) is 0.474. The van der Waals surface area contributed by atoms with E-state index in [1.165, 1.54) is 0 Å². The van der Waals surface area contributed by atoms with Crippen LogP contribution in [0.5, 0.6) is 0 Å². The zero-order valence-electron chi connectivity index (χ0n) is 14.6. The van der Waals surface area contributed by atoms with Crippen LogP contribution < -0.4 is 5.32 Å². The number of aromatic nitrogens is 1. The molecule has 1 aromatic carbocycles. The van der Waals surface area contributed by atoms with Crippen LogP contribution in [-0.2, 0) is 12.8 Å². The van der Waals surface area contributed by atoms with Crippen LogP contribution >= 0.6 is 11.6 Å². The van der Waals surface area contributed by atoms with Gasteiger partial charge in [0.25, 0.3) is 5.91 Å². The lowest BCUT2D eigenvalue weighted by molar-refractivity contribution is 0.101. The van der Waals surface area contributed by atoms with Crippen LogP contribution in [0.2, 0.25) is 5.02 Å². The van der Waals surface area contributed by atoms with Gasteiger partial charge in [-0.05, 0) is 48.8 Å². The third-order valence-corrected chi connectivity index (χ3v) is 5.41. The fourth-order valence-electron chi connectivity index (χ4n) is 3.25. The molecule has 0 saturated heterocycles. The van der Waals surface area contributed by atoms with Gasteiger partial charge in [-0.15, -0.1) is 0 Å². The first kappa shape index (κ1) is 17.0. The molecule has 3 rings (SSSR count). The fourth-order valence-corrected chi connectivity index (χ4v) is 3.42. The molecule has 0 saturated carbocycles. The molecule has 1 heterocycles. The minimum absolute atomic E-state index is 0.201. The summed E-state index contributed by atoms with van der Waals surface area (Å²) in [5, 5.41) is 7.58. The summed E-state index contributed by atoms with van der Waals surface area (Å²) in [6.07, 6.45) is 2.74. The first-order valence-electron chi connectivity index (χ1n) is 8.31. The number of benzene rings is 1. The average molecular weight is 347 g/mol. The monoisotopic (exact) mass is 346 g/mol. The summed E-state index contributed by atoms with van der Waals surface area (Å²) in [4.78, 5) is 12.7. The molecule has 0 fully saturated rings. The Morgan fingerprint density at radius 1 is 1.38 bits per heavy atom. The molecule has 1 aliphatic carbocycles. The van der Waals surface area contributed by atoms with Crippen molar-refractivity contribution in [1.82, 2.24) is 5.16 Å². The zero-order valence-corrected chi connectivity index (χ0v) is 15.3. The lowest BCUT2D eigenvalue weighted by Gasteiger charge is -2.33.